The number of nitrogens with zero attached hydrogens (tertiary/aromatic N) is 2. The van der Waals surface area contributed by atoms with E-state index in [4.69, 9.17) is 4.74 Å². The van der Waals surface area contributed by atoms with E-state index in [0.29, 0.717) is 18.5 Å². The molecule has 1 aromatic heterocycles. The third-order valence-electron chi connectivity index (χ3n) is 3.43. The van der Waals surface area contributed by atoms with Crippen LogP contribution in [0.4, 0.5) is 4.79 Å². The molecule has 0 amide bonds. The molecule has 1 aliphatic rings. The molecule has 0 saturated heterocycles. The van der Waals surface area contributed by atoms with Crippen LogP contribution in [0, 0.1) is 0 Å². The molecule has 7 heteroatoms. The van der Waals surface area contributed by atoms with Crippen molar-refractivity contribution in [3.63, 3.8) is 0 Å². The molecular formula is C14H20N2O5. The van der Waals surface area contributed by atoms with Gasteiger partial charge < -0.3 is 14.6 Å². The number of carbonyl (C=O) groups excluding carboxylic acids is 2. The van der Waals surface area contributed by atoms with Crippen molar-refractivity contribution in [3.8, 4) is 0 Å². The van der Waals surface area contributed by atoms with Gasteiger partial charge in [-0.05, 0) is 33.6 Å². The first-order chi connectivity index (χ1) is 9.69. The van der Waals surface area contributed by atoms with E-state index < -0.39 is 29.2 Å². The van der Waals surface area contributed by atoms with E-state index in [1.807, 2.05) is 0 Å². The SMILES string of the molecule is COC(=O)C(O)C1(c2cn(C(=O)OC(C)(C)C)cn2)CC1. The average molecular weight is 296 g/mol. The van der Waals surface area contributed by atoms with Crippen LogP contribution in [-0.2, 0) is 19.7 Å². The number of rotatable bonds is 3. The van der Waals surface area contributed by atoms with Gasteiger partial charge >= 0.3 is 12.1 Å². The first-order valence-corrected chi connectivity index (χ1v) is 6.73. The lowest BCUT2D eigenvalue weighted by atomic mass is 9.96. The topological polar surface area (TPSA) is 90.7 Å². The number of aliphatic hydroxyl groups is 1. The van der Waals surface area contributed by atoms with Crippen LogP contribution in [0.15, 0.2) is 12.5 Å². The summed E-state index contributed by atoms with van der Waals surface area (Å²) in [4.78, 5) is 27.6. The van der Waals surface area contributed by atoms with Crippen molar-refractivity contribution in [1.29, 1.82) is 0 Å². The fourth-order valence-corrected chi connectivity index (χ4v) is 2.14. The largest absolute Gasteiger partial charge is 0.467 e. The van der Waals surface area contributed by atoms with Crippen LogP contribution in [-0.4, -0.2) is 45.5 Å². The lowest BCUT2D eigenvalue weighted by molar-refractivity contribution is -0.152. The van der Waals surface area contributed by atoms with Gasteiger partial charge in [-0.15, -0.1) is 0 Å². The first-order valence-electron chi connectivity index (χ1n) is 6.73. The number of esters is 1. The van der Waals surface area contributed by atoms with Gasteiger partial charge in [-0.25, -0.2) is 19.1 Å². The van der Waals surface area contributed by atoms with Crippen molar-refractivity contribution < 1.29 is 24.2 Å². The summed E-state index contributed by atoms with van der Waals surface area (Å²) in [6.07, 6.45) is 2.23. The molecule has 1 unspecified atom stereocenters. The number of hydrogen-bond acceptors (Lipinski definition) is 6. The van der Waals surface area contributed by atoms with Gasteiger partial charge in [0.15, 0.2) is 6.10 Å². The number of ether oxygens (including phenoxy) is 2. The van der Waals surface area contributed by atoms with Crippen LogP contribution in [0.3, 0.4) is 0 Å². The van der Waals surface area contributed by atoms with Crippen LogP contribution in [0.5, 0.6) is 0 Å². The highest BCUT2D eigenvalue weighted by Gasteiger charge is 2.55. The molecule has 116 valence electrons. The predicted octanol–water partition coefficient (Wildman–Crippen LogP) is 1.23. The van der Waals surface area contributed by atoms with Gasteiger partial charge in [-0.2, -0.15) is 0 Å². The number of methoxy groups -OCH3 is 1. The van der Waals surface area contributed by atoms with E-state index in [1.165, 1.54) is 24.2 Å². The van der Waals surface area contributed by atoms with Crippen molar-refractivity contribution in [3.05, 3.63) is 18.2 Å². The van der Waals surface area contributed by atoms with E-state index in [2.05, 4.69) is 9.72 Å². The Morgan fingerprint density at radius 3 is 2.52 bits per heavy atom. The minimum Gasteiger partial charge on any atom is -0.467 e. The highest BCUT2D eigenvalue weighted by molar-refractivity contribution is 5.77. The van der Waals surface area contributed by atoms with Crippen LogP contribution >= 0.6 is 0 Å². The van der Waals surface area contributed by atoms with Crippen molar-refractivity contribution in [2.75, 3.05) is 7.11 Å². The second kappa shape index (κ2) is 5.14. The van der Waals surface area contributed by atoms with Crippen molar-refractivity contribution in [2.45, 2.75) is 50.7 Å². The summed E-state index contributed by atoms with van der Waals surface area (Å²) < 4.78 is 11.0. The number of carbonyl (C=O) groups is 2. The van der Waals surface area contributed by atoms with Gasteiger partial charge in [-0.1, -0.05) is 0 Å². The summed E-state index contributed by atoms with van der Waals surface area (Å²) in [5, 5.41) is 10.1. The maximum Gasteiger partial charge on any atom is 0.419 e. The zero-order valence-electron chi connectivity index (χ0n) is 12.6. The smallest absolute Gasteiger partial charge is 0.419 e. The molecule has 1 aliphatic carbocycles. The Hall–Kier alpha value is -1.89. The van der Waals surface area contributed by atoms with Gasteiger partial charge in [0.1, 0.15) is 11.9 Å². The predicted molar refractivity (Wildman–Crippen MR) is 72.8 cm³/mol. The number of imidazole rings is 1. The molecule has 7 nitrogen and oxygen atoms in total. The molecule has 21 heavy (non-hydrogen) atoms. The number of aromatic nitrogens is 2. The molecule has 0 spiro atoms. The van der Waals surface area contributed by atoms with Gasteiger partial charge in [0.25, 0.3) is 0 Å². The summed E-state index contributed by atoms with van der Waals surface area (Å²) in [5.41, 5.74) is -0.865. The Balaban J connectivity index is 2.17. The zero-order chi connectivity index (χ0) is 15.8. The molecule has 1 heterocycles. The average Bonchev–Trinajstić information content (AvgIpc) is 3.05. The zero-order valence-corrected chi connectivity index (χ0v) is 12.6. The van der Waals surface area contributed by atoms with E-state index in [-0.39, 0.29) is 0 Å². The fourth-order valence-electron chi connectivity index (χ4n) is 2.14. The second-order valence-corrected chi connectivity index (χ2v) is 6.23. The molecule has 1 N–H and O–H groups in total. The molecule has 0 aliphatic heterocycles. The van der Waals surface area contributed by atoms with Crippen molar-refractivity contribution in [2.24, 2.45) is 0 Å². The lowest BCUT2D eigenvalue weighted by Gasteiger charge is -2.19. The molecule has 1 fully saturated rings. The Kier molecular flexibility index (Phi) is 3.79. The molecule has 0 bridgehead atoms. The first kappa shape index (κ1) is 15.5. The molecule has 1 aromatic rings. The monoisotopic (exact) mass is 296 g/mol. The summed E-state index contributed by atoms with van der Waals surface area (Å²) in [7, 11) is 1.22. The van der Waals surface area contributed by atoms with Gasteiger partial charge in [0, 0.05) is 6.20 Å². The molecule has 0 aromatic carbocycles. The number of hydrogen-bond donors (Lipinski definition) is 1. The fraction of sp³-hybridized carbons (Fsp3) is 0.643. The summed E-state index contributed by atoms with van der Waals surface area (Å²) >= 11 is 0. The lowest BCUT2D eigenvalue weighted by Crippen LogP contribution is -2.35. The Bertz CT molecular complexity index is 554. The quantitative estimate of drug-likeness (QED) is 0.844. The minimum atomic E-state index is -1.27. The maximum atomic E-state index is 11.9. The van der Waals surface area contributed by atoms with Crippen molar-refractivity contribution in [1.82, 2.24) is 9.55 Å². The summed E-state index contributed by atoms with van der Waals surface area (Å²) in [5.74, 6) is -0.695. The minimum absolute atomic E-state index is 0.492. The molecular weight excluding hydrogens is 276 g/mol. The van der Waals surface area contributed by atoms with E-state index >= 15 is 0 Å². The Morgan fingerprint density at radius 1 is 1.43 bits per heavy atom. The van der Waals surface area contributed by atoms with E-state index in [9.17, 15) is 14.7 Å². The summed E-state index contributed by atoms with van der Waals surface area (Å²) in [6.45, 7) is 5.31. The normalized spacial score (nSPS) is 18.0. The molecule has 2 rings (SSSR count). The number of aliphatic hydroxyl groups excluding tert-OH is 1. The molecule has 1 atom stereocenters. The molecule has 0 radical (unpaired) electrons. The van der Waals surface area contributed by atoms with Crippen LogP contribution in [0.1, 0.15) is 39.3 Å². The van der Waals surface area contributed by atoms with Crippen LogP contribution < -0.4 is 0 Å². The van der Waals surface area contributed by atoms with Crippen LogP contribution in [0.2, 0.25) is 0 Å². The van der Waals surface area contributed by atoms with E-state index in [1.54, 1.807) is 20.8 Å². The van der Waals surface area contributed by atoms with Gasteiger partial charge in [0.05, 0.1) is 18.2 Å². The Morgan fingerprint density at radius 2 is 2.05 bits per heavy atom. The highest BCUT2D eigenvalue weighted by Crippen LogP contribution is 2.50. The maximum absolute atomic E-state index is 11.9. The third-order valence-corrected chi connectivity index (χ3v) is 3.43. The Labute approximate surface area is 122 Å². The van der Waals surface area contributed by atoms with Crippen LogP contribution in [0.25, 0.3) is 0 Å². The molecule has 1 saturated carbocycles. The van der Waals surface area contributed by atoms with Gasteiger partial charge in [-0.3, -0.25) is 0 Å². The third kappa shape index (κ3) is 3.07. The van der Waals surface area contributed by atoms with Crippen molar-refractivity contribution >= 4 is 12.1 Å². The van der Waals surface area contributed by atoms with E-state index in [0.717, 1.165) is 0 Å². The second-order valence-electron chi connectivity index (χ2n) is 6.23. The summed E-state index contributed by atoms with van der Waals surface area (Å²) in [6, 6.07) is 0. The highest BCUT2D eigenvalue weighted by atomic mass is 16.6. The standard InChI is InChI=1S/C14H20N2O5/c1-13(2,3)21-12(19)16-7-9(15-8-16)14(5-6-14)10(17)11(18)20-4/h7-8,10,17H,5-6H2,1-4H3. The van der Waals surface area contributed by atoms with Gasteiger partial charge in [0.2, 0.25) is 0 Å².